The fourth-order valence-corrected chi connectivity index (χ4v) is 4.33. The highest BCUT2D eigenvalue weighted by molar-refractivity contribution is 5.94. The van der Waals surface area contributed by atoms with Crippen LogP contribution in [0.5, 0.6) is 0 Å². The number of hydrazine groups is 1. The van der Waals surface area contributed by atoms with Crippen LogP contribution in [0.15, 0.2) is 30.3 Å². The molecule has 0 aromatic heterocycles. The van der Waals surface area contributed by atoms with Crippen molar-refractivity contribution in [2.45, 2.75) is 73.3 Å². The van der Waals surface area contributed by atoms with Crippen LogP contribution in [0.2, 0.25) is 0 Å². The van der Waals surface area contributed by atoms with E-state index >= 15 is 0 Å². The molecule has 1 aromatic carbocycles. The lowest BCUT2D eigenvalue weighted by Crippen LogP contribution is -2.53. The molecule has 0 aliphatic heterocycles. The number of nitrogens with two attached hydrogens (primary N) is 1. The summed E-state index contributed by atoms with van der Waals surface area (Å²) in [4.78, 5) is 39.1. The monoisotopic (exact) mass is 447 g/mol. The number of hydrogen-bond donors (Lipinski definition) is 3. The van der Waals surface area contributed by atoms with Crippen LogP contribution in [0.1, 0.15) is 78.1 Å². The zero-order chi connectivity index (χ0) is 24.5. The summed E-state index contributed by atoms with van der Waals surface area (Å²) >= 11 is 0. The smallest absolute Gasteiger partial charge is 0.310 e. The van der Waals surface area contributed by atoms with Crippen molar-refractivity contribution in [3.05, 3.63) is 35.9 Å². The van der Waals surface area contributed by atoms with Gasteiger partial charge in [0.15, 0.2) is 0 Å². The second-order valence-corrected chi connectivity index (χ2v) is 10.3. The Bertz CT molecular complexity index is 744. The Kier molecular flexibility index (Phi) is 10.4. The van der Waals surface area contributed by atoms with Gasteiger partial charge in [0.25, 0.3) is 5.91 Å². The van der Waals surface area contributed by atoms with Gasteiger partial charge < -0.3 is 10.1 Å². The molecule has 0 bridgehead atoms. The van der Waals surface area contributed by atoms with E-state index in [1.54, 1.807) is 45.0 Å². The van der Waals surface area contributed by atoms with Crippen LogP contribution in [0.4, 0.5) is 0 Å². The van der Waals surface area contributed by atoms with Crippen LogP contribution in [0.25, 0.3) is 0 Å². The highest BCUT2D eigenvalue weighted by Crippen LogP contribution is 2.44. The molecule has 32 heavy (non-hydrogen) atoms. The molecule has 0 radical (unpaired) electrons. The second-order valence-electron chi connectivity index (χ2n) is 10.3. The number of ether oxygens (including phenoxy) is 1. The molecule has 1 aromatic rings. The summed E-state index contributed by atoms with van der Waals surface area (Å²) in [5, 5.41) is 2.87. The predicted octanol–water partition coefficient (Wildman–Crippen LogP) is 3.83. The minimum atomic E-state index is -1.04. The van der Waals surface area contributed by atoms with E-state index < -0.39 is 22.9 Å². The molecule has 0 saturated heterocycles. The summed E-state index contributed by atoms with van der Waals surface area (Å²) in [5.74, 6) is 4.10. The van der Waals surface area contributed by atoms with Crippen LogP contribution >= 0.6 is 0 Å². The van der Waals surface area contributed by atoms with Gasteiger partial charge >= 0.3 is 5.97 Å². The molecule has 0 aliphatic carbocycles. The molecular weight excluding hydrogens is 406 g/mol. The van der Waals surface area contributed by atoms with E-state index in [-0.39, 0.29) is 36.6 Å². The average Bonchev–Trinajstić information content (AvgIpc) is 2.68. The standard InChI is InChI=1S/C25H41N3O4/c1-17(2)15-25(16-18(3)4,23(31)28-26)20(22(30)32-24(5,6)7)13-14-27-21(29)19-11-9-8-10-12-19/h8-12,17-18,20H,13-16,26H2,1-7H3,(H,27,29)(H,28,31)/t20-/m1/s1. The van der Waals surface area contributed by atoms with Gasteiger partial charge in [-0.25, -0.2) is 5.84 Å². The first-order chi connectivity index (χ1) is 14.8. The van der Waals surface area contributed by atoms with Crippen LogP contribution < -0.4 is 16.6 Å². The second kappa shape index (κ2) is 12.0. The number of amides is 2. The lowest BCUT2D eigenvalue weighted by Gasteiger charge is -2.41. The molecule has 0 fully saturated rings. The van der Waals surface area contributed by atoms with Gasteiger partial charge in [-0.2, -0.15) is 0 Å². The molecule has 0 unspecified atom stereocenters. The largest absolute Gasteiger partial charge is 0.460 e. The first-order valence-corrected chi connectivity index (χ1v) is 11.4. The van der Waals surface area contributed by atoms with Crippen molar-refractivity contribution >= 4 is 17.8 Å². The van der Waals surface area contributed by atoms with Crippen molar-refractivity contribution in [3.8, 4) is 0 Å². The number of carbonyl (C=O) groups is 3. The van der Waals surface area contributed by atoms with Gasteiger partial charge in [0.05, 0.1) is 11.3 Å². The third-order valence-electron chi connectivity index (χ3n) is 5.24. The molecule has 2 amide bonds. The molecule has 1 rings (SSSR count). The van der Waals surface area contributed by atoms with Crippen LogP contribution in [0.3, 0.4) is 0 Å². The van der Waals surface area contributed by atoms with Gasteiger partial charge in [-0.1, -0.05) is 45.9 Å². The van der Waals surface area contributed by atoms with Gasteiger partial charge in [-0.05, 0) is 64.0 Å². The summed E-state index contributed by atoms with van der Waals surface area (Å²) in [5.41, 5.74) is 1.09. The molecular formula is C25H41N3O4. The average molecular weight is 448 g/mol. The third kappa shape index (κ3) is 8.26. The number of benzene rings is 1. The van der Waals surface area contributed by atoms with E-state index in [9.17, 15) is 14.4 Å². The van der Waals surface area contributed by atoms with Crippen molar-refractivity contribution in [3.63, 3.8) is 0 Å². The van der Waals surface area contributed by atoms with Gasteiger partial charge in [-0.15, -0.1) is 0 Å². The lowest BCUT2D eigenvalue weighted by molar-refractivity contribution is -0.170. The summed E-state index contributed by atoms with van der Waals surface area (Å²) < 4.78 is 5.73. The molecule has 7 nitrogen and oxygen atoms in total. The number of rotatable bonds is 11. The number of hydrogen-bond acceptors (Lipinski definition) is 5. The Morgan fingerprint density at radius 3 is 1.94 bits per heavy atom. The summed E-state index contributed by atoms with van der Waals surface area (Å²) in [7, 11) is 0. The predicted molar refractivity (Wildman–Crippen MR) is 126 cm³/mol. The minimum Gasteiger partial charge on any atom is -0.460 e. The zero-order valence-electron chi connectivity index (χ0n) is 20.7. The Labute approximate surface area is 192 Å². The van der Waals surface area contributed by atoms with Crippen molar-refractivity contribution in [1.29, 1.82) is 0 Å². The third-order valence-corrected chi connectivity index (χ3v) is 5.24. The van der Waals surface area contributed by atoms with E-state index in [4.69, 9.17) is 10.6 Å². The maximum Gasteiger partial charge on any atom is 0.310 e. The van der Waals surface area contributed by atoms with Crippen molar-refractivity contribution in [2.75, 3.05) is 6.54 Å². The van der Waals surface area contributed by atoms with Crippen LogP contribution in [0, 0.1) is 23.2 Å². The Balaban J connectivity index is 3.28. The highest BCUT2D eigenvalue weighted by Gasteiger charge is 2.50. The number of carbonyl (C=O) groups excluding carboxylic acids is 3. The van der Waals surface area contributed by atoms with Gasteiger partial charge in [0.1, 0.15) is 5.60 Å². The maximum atomic E-state index is 13.4. The normalized spacial score (nSPS) is 13.1. The van der Waals surface area contributed by atoms with Crippen molar-refractivity contribution in [1.82, 2.24) is 10.7 Å². The van der Waals surface area contributed by atoms with E-state index in [1.165, 1.54) is 0 Å². The molecule has 1 atom stereocenters. The first kappa shape index (κ1) is 27.6. The summed E-state index contributed by atoms with van der Waals surface area (Å²) in [6.45, 7) is 13.7. The van der Waals surface area contributed by atoms with Gasteiger partial charge in [0.2, 0.25) is 5.91 Å². The molecule has 0 heterocycles. The van der Waals surface area contributed by atoms with E-state index in [0.717, 1.165) is 0 Å². The molecule has 7 heteroatoms. The first-order valence-electron chi connectivity index (χ1n) is 11.4. The fraction of sp³-hybridized carbons (Fsp3) is 0.640. The fourth-order valence-electron chi connectivity index (χ4n) is 4.33. The van der Waals surface area contributed by atoms with E-state index in [2.05, 4.69) is 10.7 Å². The zero-order valence-corrected chi connectivity index (χ0v) is 20.7. The summed E-state index contributed by atoms with van der Waals surface area (Å²) in [6, 6.07) is 8.88. The Hall–Kier alpha value is -2.41. The quantitative estimate of drug-likeness (QED) is 0.207. The van der Waals surface area contributed by atoms with Crippen LogP contribution in [-0.2, 0) is 14.3 Å². The Morgan fingerprint density at radius 2 is 1.50 bits per heavy atom. The highest BCUT2D eigenvalue weighted by atomic mass is 16.6. The molecule has 0 saturated carbocycles. The maximum absolute atomic E-state index is 13.4. The Morgan fingerprint density at radius 1 is 0.969 bits per heavy atom. The van der Waals surface area contributed by atoms with Gasteiger partial charge in [0, 0.05) is 12.1 Å². The minimum absolute atomic E-state index is 0.148. The van der Waals surface area contributed by atoms with Crippen molar-refractivity contribution in [2.24, 2.45) is 29.0 Å². The van der Waals surface area contributed by atoms with E-state index in [0.29, 0.717) is 18.4 Å². The number of esters is 1. The van der Waals surface area contributed by atoms with Crippen LogP contribution in [-0.4, -0.2) is 29.9 Å². The molecule has 180 valence electrons. The van der Waals surface area contributed by atoms with E-state index in [1.807, 2.05) is 33.8 Å². The SMILES string of the molecule is CC(C)CC(CC(C)C)(C(=O)NN)[C@H](CCNC(=O)c1ccccc1)C(=O)OC(C)(C)C. The lowest BCUT2D eigenvalue weighted by atomic mass is 9.64. The van der Waals surface area contributed by atoms with Crippen molar-refractivity contribution < 1.29 is 19.1 Å². The summed E-state index contributed by atoms with van der Waals surface area (Å²) in [6.07, 6.45) is 1.22. The molecule has 0 spiro atoms. The van der Waals surface area contributed by atoms with Gasteiger partial charge in [-0.3, -0.25) is 19.8 Å². The molecule has 4 N–H and O–H groups in total. The number of nitrogens with one attached hydrogen (secondary N) is 2. The topological polar surface area (TPSA) is 111 Å². The molecule has 0 aliphatic rings.